The SMILES string of the molecule is O=C(NCc1cccnc1)/C(=C/c1cn(-c2ccccc2)nc1-c1cccc([N+](=O)[O-])c1)NC(=O)c1ccccc1. The number of aromatic nitrogens is 3. The summed E-state index contributed by atoms with van der Waals surface area (Å²) in [5.74, 6) is -1.00. The smallest absolute Gasteiger partial charge is 0.270 e. The number of nitro benzene ring substituents is 1. The number of hydrogen-bond acceptors (Lipinski definition) is 6. The van der Waals surface area contributed by atoms with Gasteiger partial charge < -0.3 is 10.6 Å². The van der Waals surface area contributed by atoms with Crippen molar-refractivity contribution in [1.82, 2.24) is 25.4 Å². The van der Waals surface area contributed by atoms with Crippen molar-refractivity contribution in [2.24, 2.45) is 0 Å². The first-order valence-electron chi connectivity index (χ1n) is 12.6. The van der Waals surface area contributed by atoms with Gasteiger partial charge in [0, 0.05) is 54.0 Å². The molecule has 0 bridgehead atoms. The highest BCUT2D eigenvalue weighted by molar-refractivity contribution is 6.05. The highest BCUT2D eigenvalue weighted by Crippen LogP contribution is 2.28. The van der Waals surface area contributed by atoms with E-state index in [2.05, 4.69) is 15.6 Å². The average molecular weight is 545 g/mol. The summed E-state index contributed by atoms with van der Waals surface area (Å²) >= 11 is 0. The Bertz CT molecular complexity index is 1720. The molecule has 0 spiro atoms. The third-order valence-corrected chi connectivity index (χ3v) is 6.10. The zero-order valence-electron chi connectivity index (χ0n) is 21.7. The summed E-state index contributed by atoms with van der Waals surface area (Å²) in [6, 6.07) is 27.5. The van der Waals surface area contributed by atoms with Crippen LogP contribution in [0.1, 0.15) is 21.5 Å². The van der Waals surface area contributed by atoms with E-state index in [0.717, 1.165) is 11.3 Å². The van der Waals surface area contributed by atoms with Crippen molar-refractivity contribution in [3.63, 3.8) is 0 Å². The molecule has 0 atom stereocenters. The van der Waals surface area contributed by atoms with Crippen molar-refractivity contribution in [1.29, 1.82) is 0 Å². The molecule has 202 valence electrons. The number of para-hydroxylation sites is 1. The number of benzene rings is 3. The van der Waals surface area contributed by atoms with E-state index in [4.69, 9.17) is 5.10 Å². The van der Waals surface area contributed by atoms with Crippen LogP contribution in [0.5, 0.6) is 0 Å². The Morgan fingerprint density at radius 3 is 2.39 bits per heavy atom. The number of hydrogen-bond donors (Lipinski definition) is 2. The monoisotopic (exact) mass is 544 g/mol. The van der Waals surface area contributed by atoms with Gasteiger partial charge in [-0.1, -0.05) is 54.6 Å². The van der Waals surface area contributed by atoms with Gasteiger partial charge in [-0.15, -0.1) is 0 Å². The van der Waals surface area contributed by atoms with Crippen LogP contribution in [0.4, 0.5) is 5.69 Å². The first kappa shape index (κ1) is 26.7. The minimum absolute atomic E-state index is 0.0259. The number of nitrogens with one attached hydrogen (secondary N) is 2. The fraction of sp³-hybridized carbons (Fsp3) is 0.0323. The highest BCUT2D eigenvalue weighted by Gasteiger charge is 2.19. The molecule has 2 heterocycles. The Morgan fingerprint density at radius 2 is 1.68 bits per heavy atom. The standard InChI is InChI=1S/C31H24N6O4/c38-30(23-10-3-1-4-11-23)34-28(31(39)33-20-22-9-8-16-32-19-22)18-25-21-36(26-13-5-2-6-14-26)35-29(25)24-12-7-15-27(17-24)37(40)41/h1-19,21H,20H2,(H,33,39)(H,34,38)/b28-18-. The van der Waals surface area contributed by atoms with Crippen LogP contribution in [0.15, 0.2) is 121 Å². The van der Waals surface area contributed by atoms with Crippen molar-refractivity contribution in [3.05, 3.63) is 148 Å². The Morgan fingerprint density at radius 1 is 0.927 bits per heavy atom. The van der Waals surface area contributed by atoms with E-state index in [-0.39, 0.29) is 17.9 Å². The summed E-state index contributed by atoms with van der Waals surface area (Å²) in [5.41, 5.74) is 3.11. The lowest BCUT2D eigenvalue weighted by atomic mass is 10.1. The van der Waals surface area contributed by atoms with Gasteiger partial charge in [0.25, 0.3) is 17.5 Å². The molecular formula is C31H24N6O4. The van der Waals surface area contributed by atoms with Gasteiger partial charge in [-0.05, 0) is 42.0 Å². The molecule has 0 aliphatic carbocycles. The Kier molecular flexibility index (Phi) is 8.01. The lowest BCUT2D eigenvalue weighted by Crippen LogP contribution is -2.34. The minimum Gasteiger partial charge on any atom is -0.347 e. The fourth-order valence-corrected chi connectivity index (χ4v) is 4.08. The normalized spacial score (nSPS) is 11.1. The van der Waals surface area contributed by atoms with Crippen LogP contribution in [0.3, 0.4) is 0 Å². The number of pyridine rings is 1. The Labute approximate surface area is 235 Å². The zero-order valence-corrected chi connectivity index (χ0v) is 21.7. The number of non-ortho nitro benzene ring substituents is 1. The summed E-state index contributed by atoms with van der Waals surface area (Å²) in [5, 5.41) is 21.7. The maximum atomic E-state index is 13.4. The highest BCUT2D eigenvalue weighted by atomic mass is 16.6. The predicted molar refractivity (Wildman–Crippen MR) is 154 cm³/mol. The quantitative estimate of drug-likeness (QED) is 0.154. The number of carbonyl (C=O) groups excluding carboxylic acids is 2. The molecule has 0 saturated heterocycles. The van der Waals surface area contributed by atoms with E-state index in [9.17, 15) is 19.7 Å². The molecule has 2 aromatic heterocycles. The van der Waals surface area contributed by atoms with Crippen LogP contribution in [-0.4, -0.2) is 31.5 Å². The molecule has 5 aromatic rings. The second kappa shape index (κ2) is 12.3. The molecule has 0 aliphatic heterocycles. The first-order chi connectivity index (χ1) is 20.0. The van der Waals surface area contributed by atoms with Crippen molar-refractivity contribution in [2.75, 3.05) is 0 Å². The summed E-state index contributed by atoms with van der Waals surface area (Å²) in [6.07, 6.45) is 6.49. The van der Waals surface area contributed by atoms with Gasteiger partial charge in [0.15, 0.2) is 0 Å². The first-order valence-corrected chi connectivity index (χ1v) is 12.6. The topological polar surface area (TPSA) is 132 Å². The van der Waals surface area contributed by atoms with Crippen molar-refractivity contribution in [3.8, 4) is 16.9 Å². The van der Waals surface area contributed by atoms with Crippen LogP contribution in [0.25, 0.3) is 23.0 Å². The number of rotatable bonds is 9. The van der Waals surface area contributed by atoms with Crippen LogP contribution in [0, 0.1) is 10.1 Å². The Balaban J connectivity index is 1.58. The van der Waals surface area contributed by atoms with Gasteiger partial charge in [0.1, 0.15) is 11.4 Å². The lowest BCUT2D eigenvalue weighted by molar-refractivity contribution is -0.384. The second-order valence-electron chi connectivity index (χ2n) is 8.94. The number of nitro groups is 1. The summed E-state index contributed by atoms with van der Waals surface area (Å²) in [4.78, 5) is 41.6. The van der Waals surface area contributed by atoms with Crippen molar-refractivity contribution >= 4 is 23.6 Å². The van der Waals surface area contributed by atoms with E-state index in [1.54, 1.807) is 71.8 Å². The molecular weight excluding hydrogens is 520 g/mol. The van der Waals surface area contributed by atoms with Crippen LogP contribution >= 0.6 is 0 Å². The molecule has 0 unspecified atom stereocenters. The van der Waals surface area contributed by atoms with Gasteiger partial charge in [-0.2, -0.15) is 5.10 Å². The van der Waals surface area contributed by atoms with Crippen LogP contribution in [0.2, 0.25) is 0 Å². The number of carbonyl (C=O) groups is 2. The fourth-order valence-electron chi connectivity index (χ4n) is 4.08. The van der Waals surface area contributed by atoms with Gasteiger partial charge in [0.05, 0.1) is 10.6 Å². The largest absolute Gasteiger partial charge is 0.347 e. The summed E-state index contributed by atoms with van der Waals surface area (Å²) in [6.45, 7) is 0.187. The zero-order chi connectivity index (χ0) is 28.6. The van der Waals surface area contributed by atoms with Gasteiger partial charge in [0.2, 0.25) is 0 Å². The molecule has 5 rings (SSSR count). The Hall–Kier alpha value is -5.90. The van der Waals surface area contributed by atoms with Crippen molar-refractivity contribution < 1.29 is 14.5 Å². The third kappa shape index (κ3) is 6.58. The lowest BCUT2D eigenvalue weighted by Gasteiger charge is -2.11. The molecule has 0 fully saturated rings. The van der Waals surface area contributed by atoms with E-state index in [1.807, 2.05) is 36.4 Å². The third-order valence-electron chi connectivity index (χ3n) is 6.10. The van der Waals surface area contributed by atoms with Gasteiger partial charge in [-0.25, -0.2) is 4.68 Å². The maximum Gasteiger partial charge on any atom is 0.270 e. The van der Waals surface area contributed by atoms with Gasteiger partial charge >= 0.3 is 0 Å². The van der Waals surface area contributed by atoms with E-state index >= 15 is 0 Å². The van der Waals surface area contributed by atoms with E-state index < -0.39 is 16.7 Å². The van der Waals surface area contributed by atoms with Crippen molar-refractivity contribution in [2.45, 2.75) is 6.54 Å². The van der Waals surface area contributed by atoms with Crippen LogP contribution in [-0.2, 0) is 11.3 Å². The van der Waals surface area contributed by atoms with E-state index in [0.29, 0.717) is 22.4 Å². The predicted octanol–water partition coefficient (Wildman–Crippen LogP) is 4.93. The molecule has 41 heavy (non-hydrogen) atoms. The maximum absolute atomic E-state index is 13.4. The molecule has 10 nitrogen and oxygen atoms in total. The molecule has 0 aliphatic rings. The number of amides is 2. The average Bonchev–Trinajstić information content (AvgIpc) is 3.45. The molecule has 3 aromatic carbocycles. The molecule has 10 heteroatoms. The number of nitrogens with zero attached hydrogens (tertiary/aromatic N) is 4. The molecule has 2 amide bonds. The van der Waals surface area contributed by atoms with E-state index in [1.165, 1.54) is 18.2 Å². The minimum atomic E-state index is -0.532. The summed E-state index contributed by atoms with van der Waals surface area (Å²) in [7, 11) is 0. The molecule has 0 saturated carbocycles. The van der Waals surface area contributed by atoms with Crippen LogP contribution < -0.4 is 10.6 Å². The molecule has 0 radical (unpaired) electrons. The summed E-state index contributed by atoms with van der Waals surface area (Å²) < 4.78 is 1.62. The van der Waals surface area contributed by atoms with Gasteiger partial charge in [-0.3, -0.25) is 24.7 Å². The molecule has 2 N–H and O–H groups in total. The second-order valence-corrected chi connectivity index (χ2v) is 8.94.